The molecule has 0 saturated carbocycles. The van der Waals surface area contributed by atoms with Crippen LogP contribution in [-0.2, 0) is 0 Å². The van der Waals surface area contributed by atoms with E-state index in [2.05, 4.69) is 10.3 Å². The Kier molecular flexibility index (Phi) is 3.57. The first-order valence-electron chi connectivity index (χ1n) is 5.51. The summed E-state index contributed by atoms with van der Waals surface area (Å²) < 4.78 is 0. The van der Waals surface area contributed by atoms with Crippen LogP contribution in [0.4, 0.5) is 0 Å². The number of amides is 1. The summed E-state index contributed by atoms with van der Waals surface area (Å²) in [5, 5.41) is 3.84. The van der Waals surface area contributed by atoms with Gasteiger partial charge in [0.1, 0.15) is 0 Å². The average molecular weight is 229 g/mol. The quantitative estimate of drug-likeness (QED) is 0.694. The molecule has 17 heavy (non-hydrogen) atoms. The topological polar surface area (TPSA) is 70.9 Å². The van der Waals surface area contributed by atoms with E-state index in [-0.39, 0.29) is 5.91 Å². The molecule has 0 unspecified atom stereocenters. The molecule has 0 fully saturated rings. The van der Waals surface area contributed by atoms with Crippen LogP contribution in [0.2, 0.25) is 0 Å². The van der Waals surface area contributed by atoms with Crippen LogP contribution in [-0.4, -0.2) is 24.0 Å². The summed E-state index contributed by atoms with van der Waals surface area (Å²) in [5.74, 6) is -0.0743. The highest BCUT2D eigenvalue weighted by Crippen LogP contribution is 2.13. The number of hydrogen-bond acceptors (Lipinski definition) is 2. The fourth-order valence-electron chi connectivity index (χ4n) is 1.63. The molecule has 0 spiro atoms. The molecule has 0 radical (unpaired) electrons. The van der Waals surface area contributed by atoms with E-state index in [0.29, 0.717) is 18.7 Å². The Hall–Kier alpha value is -2.07. The summed E-state index contributed by atoms with van der Waals surface area (Å²) in [6.07, 6.45) is 5.51. The lowest BCUT2D eigenvalue weighted by Gasteiger charge is -2.02. The third-order valence-electron chi connectivity index (χ3n) is 2.50. The van der Waals surface area contributed by atoms with Crippen LogP contribution >= 0.6 is 0 Å². The normalized spacial score (nSPS) is 11.1. The second-order valence-corrected chi connectivity index (χ2v) is 3.70. The van der Waals surface area contributed by atoms with Crippen LogP contribution in [0, 0.1) is 0 Å². The minimum Gasteiger partial charge on any atom is -0.361 e. The van der Waals surface area contributed by atoms with E-state index in [4.69, 9.17) is 5.73 Å². The number of carbonyl (C=O) groups is 1. The van der Waals surface area contributed by atoms with Crippen molar-refractivity contribution in [2.75, 3.05) is 13.1 Å². The van der Waals surface area contributed by atoms with E-state index < -0.39 is 0 Å². The fourth-order valence-corrected chi connectivity index (χ4v) is 1.63. The van der Waals surface area contributed by atoms with Crippen LogP contribution in [0.15, 0.2) is 42.6 Å². The van der Waals surface area contributed by atoms with Crippen LogP contribution in [0.5, 0.6) is 0 Å². The Morgan fingerprint density at radius 2 is 2.24 bits per heavy atom. The lowest BCUT2D eigenvalue weighted by molar-refractivity contribution is 0.0958. The van der Waals surface area contributed by atoms with E-state index in [1.54, 1.807) is 6.07 Å². The molecule has 1 heterocycles. The molecule has 4 heteroatoms. The van der Waals surface area contributed by atoms with Crippen LogP contribution in [0.1, 0.15) is 10.4 Å². The van der Waals surface area contributed by atoms with E-state index in [1.165, 1.54) is 0 Å². The Morgan fingerprint density at radius 1 is 1.35 bits per heavy atom. The van der Waals surface area contributed by atoms with E-state index in [9.17, 15) is 4.79 Å². The van der Waals surface area contributed by atoms with E-state index in [0.717, 1.165) is 10.9 Å². The third-order valence-corrected chi connectivity index (χ3v) is 2.50. The Balaban J connectivity index is 2.05. The maximum Gasteiger partial charge on any atom is 0.251 e. The van der Waals surface area contributed by atoms with Gasteiger partial charge < -0.3 is 16.0 Å². The Bertz CT molecular complexity index is 542. The maximum absolute atomic E-state index is 11.8. The molecule has 1 aromatic carbocycles. The minimum atomic E-state index is -0.0743. The summed E-state index contributed by atoms with van der Waals surface area (Å²) in [7, 11) is 0. The number of aromatic nitrogens is 1. The van der Waals surface area contributed by atoms with Crippen molar-refractivity contribution in [2.45, 2.75) is 0 Å². The first-order chi connectivity index (χ1) is 8.31. The van der Waals surface area contributed by atoms with Crippen molar-refractivity contribution >= 4 is 16.8 Å². The monoisotopic (exact) mass is 229 g/mol. The van der Waals surface area contributed by atoms with Crippen molar-refractivity contribution in [3.8, 4) is 0 Å². The smallest absolute Gasteiger partial charge is 0.251 e. The average Bonchev–Trinajstić information content (AvgIpc) is 2.81. The van der Waals surface area contributed by atoms with Gasteiger partial charge in [-0.2, -0.15) is 0 Å². The number of carbonyl (C=O) groups excluding carboxylic acids is 1. The SMILES string of the molecule is NC/C=C/CNC(=O)c1ccc2[nH]ccc2c1. The summed E-state index contributed by atoms with van der Waals surface area (Å²) in [4.78, 5) is 14.9. The molecule has 0 bridgehead atoms. The van der Waals surface area contributed by atoms with Gasteiger partial charge in [-0.15, -0.1) is 0 Å². The molecule has 1 aromatic heterocycles. The zero-order chi connectivity index (χ0) is 12.1. The first-order valence-corrected chi connectivity index (χ1v) is 5.51. The molecular formula is C13H15N3O. The molecular weight excluding hydrogens is 214 g/mol. The molecule has 0 saturated heterocycles. The molecule has 0 atom stereocenters. The number of nitrogens with two attached hydrogens (primary N) is 1. The van der Waals surface area contributed by atoms with Crippen molar-refractivity contribution in [3.63, 3.8) is 0 Å². The van der Waals surface area contributed by atoms with Crippen molar-refractivity contribution in [3.05, 3.63) is 48.2 Å². The van der Waals surface area contributed by atoms with Crippen LogP contribution in [0.25, 0.3) is 10.9 Å². The zero-order valence-electron chi connectivity index (χ0n) is 9.44. The van der Waals surface area contributed by atoms with Gasteiger partial charge in [0.15, 0.2) is 0 Å². The number of H-pyrrole nitrogens is 1. The Morgan fingerprint density at radius 3 is 3.06 bits per heavy atom. The molecule has 4 N–H and O–H groups in total. The summed E-state index contributed by atoms with van der Waals surface area (Å²) >= 11 is 0. The number of benzene rings is 1. The van der Waals surface area contributed by atoms with Gasteiger partial charge in [0.2, 0.25) is 0 Å². The summed E-state index contributed by atoms with van der Waals surface area (Å²) in [5.41, 5.74) is 7.00. The third kappa shape index (κ3) is 2.73. The zero-order valence-corrected chi connectivity index (χ0v) is 9.44. The highest BCUT2D eigenvalue weighted by atomic mass is 16.1. The molecule has 2 aromatic rings. The second-order valence-electron chi connectivity index (χ2n) is 3.70. The molecule has 0 aliphatic rings. The van der Waals surface area contributed by atoms with Gasteiger partial charge in [0.05, 0.1) is 0 Å². The van der Waals surface area contributed by atoms with E-state index in [1.807, 2.05) is 36.5 Å². The molecule has 1 amide bonds. The van der Waals surface area contributed by atoms with Gasteiger partial charge in [0.25, 0.3) is 5.91 Å². The number of nitrogens with one attached hydrogen (secondary N) is 2. The standard InChI is InChI=1S/C13H15N3O/c14-6-1-2-7-16-13(17)11-3-4-12-10(9-11)5-8-15-12/h1-5,8-9,15H,6-7,14H2,(H,16,17)/b2-1+. The molecule has 0 aliphatic heterocycles. The highest BCUT2D eigenvalue weighted by molar-refractivity contribution is 5.98. The van der Waals surface area contributed by atoms with Gasteiger partial charge in [-0.05, 0) is 24.3 Å². The summed E-state index contributed by atoms with van der Waals surface area (Å²) in [6, 6.07) is 7.52. The van der Waals surface area contributed by atoms with Gasteiger partial charge in [-0.25, -0.2) is 0 Å². The number of rotatable bonds is 4. The first kappa shape index (κ1) is 11.4. The van der Waals surface area contributed by atoms with Crippen molar-refractivity contribution in [2.24, 2.45) is 5.73 Å². The predicted octanol–water partition coefficient (Wildman–Crippen LogP) is 1.41. The summed E-state index contributed by atoms with van der Waals surface area (Å²) in [6.45, 7) is 0.992. The molecule has 88 valence electrons. The van der Waals surface area contributed by atoms with Crippen LogP contribution in [0.3, 0.4) is 0 Å². The van der Waals surface area contributed by atoms with Crippen LogP contribution < -0.4 is 11.1 Å². The Labute approximate surface area is 99.5 Å². The number of fused-ring (bicyclic) bond motifs is 1. The second kappa shape index (κ2) is 5.32. The molecule has 2 rings (SSSR count). The predicted molar refractivity (Wildman–Crippen MR) is 68.8 cm³/mol. The number of aromatic amines is 1. The van der Waals surface area contributed by atoms with Gasteiger partial charge in [0, 0.05) is 35.8 Å². The van der Waals surface area contributed by atoms with Gasteiger partial charge in [-0.3, -0.25) is 4.79 Å². The largest absolute Gasteiger partial charge is 0.361 e. The maximum atomic E-state index is 11.8. The van der Waals surface area contributed by atoms with Gasteiger partial charge >= 0.3 is 0 Å². The molecule has 4 nitrogen and oxygen atoms in total. The fraction of sp³-hybridized carbons (Fsp3) is 0.154. The lowest BCUT2D eigenvalue weighted by atomic mass is 10.1. The van der Waals surface area contributed by atoms with Crippen molar-refractivity contribution < 1.29 is 4.79 Å². The van der Waals surface area contributed by atoms with Crippen molar-refractivity contribution in [1.82, 2.24) is 10.3 Å². The van der Waals surface area contributed by atoms with E-state index >= 15 is 0 Å². The highest BCUT2D eigenvalue weighted by Gasteiger charge is 2.04. The minimum absolute atomic E-state index is 0.0743. The molecule has 0 aliphatic carbocycles. The number of hydrogen-bond donors (Lipinski definition) is 3. The lowest BCUT2D eigenvalue weighted by Crippen LogP contribution is -2.23. The van der Waals surface area contributed by atoms with Crippen molar-refractivity contribution in [1.29, 1.82) is 0 Å². The van der Waals surface area contributed by atoms with Gasteiger partial charge in [-0.1, -0.05) is 12.2 Å².